The zero-order valence-corrected chi connectivity index (χ0v) is 15.6. The van der Waals surface area contributed by atoms with Crippen molar-refractivity contribution in [1.82, 2.24) is 9.62 Å². The highest BCUT2D eigenvalue weighted by molar-refractivity contribution is 7.88. The molecule has 0 spiro atoms. The number of rotatable bonds is 8. The third kappa shape index (κ3) is 6.86. The molecule has 2 aromatic carbocycles. The van der Waals surface area contributed by atoms with Gasteiger partial charge in [-0.2, -0.15) is 4.31 Å². The van der Waals surface area contributed by atoms with E-state index in [2.05, 4.69) is 5.32 Å². The first-order chi connectivity index (χ1) is 11.8. The molecule has 0 atom stereocenters. The van der Waals surface area contributed by atoms with E-state index >= 15 is 0 Å². The summed E-state index contributed by atoms with van der Waals surface area (Å²) in [7, 11) is -3.48. The fraction of sp³-hybridized carbons (Fsp3) is 0.278. The van der Waals surface area contributed by atoms with Gasteiger partial charge < -0.3 is 5.32 Å². The molecule has 0 aromatic heterocycles. The van der Waals surface area contributed by atoms with E-state index in [9.17, 15) is 13.2 Å². The summed E-state index contributed by atoms with van der Waals surface area (Å²) in [6.07, 6.45) is 1.59. The van der Waals surface area contributed by atoms with E-state index in [1.807, 2.05) is 42.5 Å². The lowest BCUT2D eigenvalue weighted by Gasteiger charge is -2.19. The highest BCUT2D eigenvalue weighted by Gasteiger charge is 2.19. The number of carbonyl (C=O) groups is 1. The predicted molar refractivity (Wildman–Crippen MR) is 99.9 cm³/mol. The lowest BCUT2D eigenvalue weighted by Crippen LogP contribution is -2.41. The summed E-state index contributed by atoms with van der Waals surface area (Å²) in [5.41, 5.74) is 1.88. The molecule has 0 aliphatic heterocycles. The van der Waals surface area contributed by atoms with Crippen LogP contribution in [0.1, 0.15) is 11.1 Å². The van der Waals surface area contributed by atoms with Crippen molar-refractivity contribution < 1.29 is 13.2 Å². The van der Waals surface area contributed by atoms with Crippen LogP contribution in [0.4, 0.5) is 0 Å². The average Bonchev–Trinajstić information content (AvgIpc) is 2.57. The topological polar surface area (TPSA) is 66.5 Å². The van der Waals surface area contributed by atoms with Gasteiger partial charge in [0.15, 0.2) is 0 Å². The van der Waals surface area contributed by atoms with Crippen molar-refractivity contribution in [3.8, 4) is 0 Å². The van der Waals surface area contributed by atoms with Crippen molar-refractivity contribution in [1.29, 1.82) is 0 Å². The summed E-state index contributed by atoms with van der Waals surface area (Å²) in [4.78, 5) is 12.1. The lowest BCUT2D eigenvalue weighted by atomic mass is 10.1. The van der Waals surface area contributed by atoms with E-state index in [1.54, 1.807) is 12.1 Å². The zero-order valence-electron chi connectivity index (χ0n) is 14.0. The number of carbonyl (C=O) groups excluding carboxylic acids is 1. The van der Waals surface area contributed by atoms with Crippen molar-refractivity contribution >= 4 is 27.5 Å². The fourth-order valence-corrected chi connectivity index (χ4v) is 3.31. The molecule has 0 radical (unpaired) electrons. The molecular formula is C18H21ClN2O3S. The Kier molecular flexibility index (Phi) is 6.99. The van der Waals surface area contributed by atoms with Crippen molar-refractivity contribution in [3.63, 3.8) is 0 Å². The molecule has 134 valence electrons. The molecule has 0 bridgehead atoms. The van der Waals surface area contributed by atoms with Gasteiger partial charge >= 0.3 is 0 Å². The Morgan fingerprint density at radius 2 is 1.76 bits per heavy atom. The number of benzene rings is 2. The first kappa shape index (κ1) is 19.4. The number of nitrogens with one attached hydrogen (secondary N) is 1. The zero-order chi connectivity index (χ0) is 18.3. The van der Waals surface area contributed by atoms with Crippen LogP contribution in [0.2, 0.25) is 5.02 Å². The van der Waals surface area contributed by atoms with Gasteiger partial charge in [0.25, 0.3) is 0 Å². The largest absolute Gasteiger partial charge is 0.351 e. The number of nitrogens with zero attached hydrogens (tertiary/aromatic N) is 1. The van der Waals surface area contributed by atoms with Gasteiger partial charge in [0.1, 0.15) is 0 Å². The quantitative estimate of drug-likeness (QED) is 0.765. The average molecular weight is 381 g/mol. The SMILES string of the molecule is CS(=O)(=O)N(CCc1cccc(Cl)c1)CC(=O)NCc1ccccc1. The lowest BCUT2D eigenvalue weighted by molar-refractivity contribution is -0.121. The van der Waals surface area contributed by atoms with Crippen molar-refractivity contribution in [2.24, 2.45) is 0 Å². The van der Waals surface area contributed by atoms with Gasteiger partial charge in [-0.25, -0.2) is 8.42 Å². The fourth-order valence-electron chi connectivity index (χ4n) is 2.32. The van der Waals surface area contributed by atoms with Crippen LogP contribution in [-0.4, -0.2) is 38.0 Å². The first-order valence-electron chi connectivity index (χ1n) is 7.85. The minimum absolute atomic E-state index is 0.202. The van der Waals surface area contributed by atoms with Crippen molar-refractivity contribution in [2.45, 2.75) is 13.0 Å². The number of halogens is 1. The molecule has 0 fully saturated rings. The van der Waals surface area contributed by atoms with Crippen LogP contribution in [0.3, 0.4) is 0 Å². The van der Waals surface area contributed by atoms with Crippen LogP contribution in [-0.2, 0) is 27.8 Å². The maximum Gasteiger partial charge on any atom is 0.235 e. The van der Waals surface area contributed by atoms with E-state index in [0.29, 0.717) is 18.0 Å². The smallest absolute Gasteiger partial charge is 0.235 e. The Balaban J connectivity index is 1.92. The molecular weight excluding hydrogens is 360 g/mol. The minimum atomic E-state index is -3.48. The van der Waals surface area contributed by atoms with Gasteiger partial charge in [-0.1, -0.05) is 54.1 Å². The normalized spacial score (nSPS) is 11.5. The van der Waals surface area contributed by atoms with E-state index in [0.717, 1.165) is 17.4 Å². The summed E-state index contributed by atoms with van der Waals surface area (Å²) in [6.45, 7) is 0.385. The summed E-state index contributed by atoms with van der Waals surface area (Å²) in [6, 6.07) is 16.7. The molecule has 0 aliphatic rings. The molecule has 5 nitrogen and oxygen atoms in total. The number of hydrogen-bond donors (Lipinski definition) is 1. The van der Waals surface area contributed by atoms with Crippen LogP contribution in [0, 0.1) is 0 Å². The highest BCUT2D eigenvalue weighted by Crippen LogP contribution is 2.12. The summed E-state index contributed by atoms with van der Waals surface area (Å²) >= 11 is 5.94. The second-order valence-corrected chi connectivity index (χ2v) is 8.16. The Labute approximate surface area is 153 Å². The number of amides is 1. The Morgan fingerprint density at radius 1 is 1.08 bits per heavy atom. The number of sulfonamides is 1. The summed E-state index contributed by atoms with van der Waals surface area (Å²) in [5.74, 6) is -0.333. The standard InChI is InChI=1S/C18H21ClN2O3S/c1-25(23,24)21(11-10-15-8-5-9-17(19)12-15)14-18(22)20-13-16-6-3-2-4-7-16/h2-9,12H,10-11,13-14H2,1H3,(H,20,22). The Hall–Kier alpha value is -1.89. The summed E-state index contributed by atoms with van der Waals surface area (Å²) in [5, 5.41) is 3.34. The molecule has 1 amide bonds. The molecule has 2 aromatic rings. The molecule has 2 rings (SSSR count). The Morgan fingerprint density at radius 3 is 2.40 bits per heavy atom. The van der Waals surface area contributed by atoms with Gasteiger partial charge in [-0.05, 0) is 29.7 Å². The molecule has 0 heterocycles. The second-order valence-electron chi connectivity index (χ2n) is 5.74. The molecule has 0 saturated heterocycles. The second kappa shape index (κ2) is 8.99. The van der Waals surface area contributed by atoms with Crippen LogP contribution in [0.25, 0.3) is 0 Å². The van der Waals surface area contributed by atoms with Gasteiger partial charge in [0.05, 0.1) is 12.8 Å². The third-order valence-corrected chi connectivity index (χ3v) is 5.15. The third-order valence-electron chi connectivity index (χ3n) is 3.66. The molecule has 1 N–H and O–H groups in total. The molecule has 25 heavy (non-hydrogen) atoms. The van der Waals surface area contributed by atoms with Gasteiger partial charge in [-0.3, -0.25) is 4.79 Å². The predicted octanol–water partition coefficient (Wildman–Crippen LogP) is 2.46. The van der Waals surface area contributed by atoms with Gasteiger partial charge in [-0.15, -0.1) is 0 Å². The van der Waals surface area contributed by atoms with Gasteiger partial charge in [0, 0.05) is 18.1 Å². The number of hydrogen-bond acceptors (Lipinski definition) is 3. The van der Waals surface area contributed by atoms with Crippen LogP contribution >= 0.6 is 11.6 Å². The van der Waals surface area contributed by atoms with Crippen LogP contribution in [0.5, 0.6) is 0 Å². The van der Waals surface area contributed by atoms with Crippen LogP contribution in [0.15, 0.2) is 54.6 Å². The molecule has 0 saturated carbocycles. The first-order valence-corrected chi connectivity index (χ1v) is 10.1. The van der Waals surface area contributed by atoms with Crippen molar-refractivity contribution in [2.75, 3.05) is 19.3 Å². The van der Waals surface area contributed by atoms with Gasteiger partial charge in [0.2, 0.25) is 15.9 Å². The van der Waals surface area contributed by atoms with Crippen molar-refractivity contribution in [3.05, 3.63) is 70.7 Å². The highest BCUT2D eigenvalue weighted by atomic mass is 35.5. The Bertz CT molecular complexity index is 810. The molecule has 0 aliphatic carbocycles. The summed E-state index contributed by atoms with van der Waals surface area (Å²) < 4.78 is 25.1. The molecule has 0 unspecified atom stereocenters. The van der Waals surface area contributed by atoms with E-state index in [4.69, 9.17) is 11.6 Å². The maximum absolute atomic E-state index is 12.1. The van der Waals surface area contributed by atoms with E-state index < -0.39 is 10.0 Å². The van der Waals surface area contributed by atoms with Crippen LogP contribution < -0.4 is 5.32 Å². The maximum atomic E-state index is 12.1. The minimum Gasteiger partial charge on any atom is -0.351 e. The molecule has 7 heteroatoms. The van der Waals surface area contributed by atoms with E-state index in [1.165, 1.54) is 4.31 Å². The van der Waals surface area contributed by atoms with E-state index in [-0.39, 0.29) is 19.0 Å². The monoisotopic (exact) mass is 380 g/mol.